The Kier molecular flexibility index (Phi) is 4.72. The van der Waals surface area contributed by atoms with E-state index in [0.717, 1.165) is 43.7 Å². The van der Waals surface area contributed by atoms with Gasteiger partial charge in [0.05, 0.1) is 11.4 Å². The molecule has 5 rings (SSSR count). The molecule has 3 heterocycles. The first-order valence-electron chi connectivity index (χ1n) is 9.84. The molecule has 0 saturated carbocycles. The van der Waals surface area contributed by atoms with E-state index in [0.29, 0.717) is 15.7 Å². The first kappa shape index (κ1) is 19.7. The monoisotopic (exact) mass is 444 g/mol. The van der Waals surface area contributed by atoms with Crippen LogP contribution in [-0.4, -0.2) is 15.9 Å². The highest BCUT2D eigenvalue weighted by molar-refractivity contribution is 7.21. The van der Waals surface area contributed by atoms with Crippen LogP contribution < -0.4 is 11.1 Å². The third-order valence-electron chi connectivity index (χ3n) is 5.65. The number of aryl methyl sites for hydroxylation is 2. The number of nitrogens with two attached hydrogens (primary N) is 1. The average molecular weight is 445 g/mol. The Morgan fingerprint density at radius 2 is 1.77 bits per heavy atom. The van der Waals surface area contributed by atoms with Crippen molar-refractivity contribution in [3.63, 3.8) is 0 Å². The normalized spacial score (nSPS) is 11.3. The number of aromatic nitrogens is 2. The molecule has 0 atom stereocenters. The molecule has 0 fully saturated rings. The van der Waals surface area contributed by atoms with Gasteiger partial charge in [-0.25, -0.2) is 9.97 Å². The molecule has 0 aliphatic heterocycles. The largest absolute Gasteiger partial charge is 0.397 e. The number of hydrogen-bond acceptors (Lipinski definition) is 6. The number of carbonyl (C=O) groups is 1. The lowest BCUT2D eigenvalue weighted by atomic mass is 10.1. The second kappa shape index (κ2) is 7.44. The number of benzene rings is 2. The number of rotatable bonds is 3. The summed E-state index contributed by atoms with van der Waals surface area (Å²) in [7, 11) is 0. The summed E-state index contributed by atoms with van der Waals surface area (Å²) in [5.74, 6) is -0.255. The summed E-state index contributed by atoms with van der Waals surface area (Å²) in [4.78, 5) is 23.5. The van der Waals surface area contributed by atoms with Crippen LogP contribution >= 0.6 is 22.7 Å². The van der Waals surface area contributed by atoms with Crippen molar-refractivity contribution in [2.24, 2.45) is 0 Å². The van der Waals surface area contributed by atoms with Crippen molar-refractivity contribution in [1.82, 2.24) is 9.97 Å². The summed E-state index contributed by atoms with van der Waals surface area (Å²) in [6.45, 7) is 6.02. The van der Waals surface area contributed by atoms with E-state index in [1.54, 1.807) is 0 Å². The molecule has 5 nitrogen and oxygen atoms in total. The van der Waals surface area contributed by atoms with Gasteiger partial charge in [0.2, 0.25) is 0 Å². The third kappa shape index (κ3) is 3.36. The Bertz CT molecular complexity index is 1480. The number of thiazole rings is 1. The molecule has 0 unspecified atom stereocenters. The molecule has 2 aromatic carbocycles. The van der Waals surface area contributed by atoms with E-state index in [1.807, 2.05) is 44.4 Å². The van der Waals surface area contributed by atoms with E-state index in [2.05, 4.69) is 39.6 Å². The van der Waals surface area contributed by atoms with Gasteiger partial charge < -0.3 is 5.73 Å². The smallest absolute Gasteiger partial charge is 0.269 e. The van der Waals surface area contributed by atoms with Crippen molar-refractivity contribution in [2.45, 2.75) is 20.8 Å². The Balaban J connectivity index is 1.44. The van der Waals surface area contributed by atoms with Crippen molar-refractivity contribution >= 4 is 60.4 Å². The summed E-state index contributed by atoms with van der Waals surface area (Å²) >= 11 is 2.72. The number of amides is 1. The predicted octanol–water partition coefficient (Wildman–Crippen LogP) is 6.33. The van der Waals surface area contributed by atoms with Crippen LogP contribution in [0.5, 0.6) is 0 Å². The van der Waals surface area contributed by atoms with E-state index in [4.69, 9.17) is 5.73 Å². The molecule has 154 valence electrons. The van der Waals surface area contributed by atoms with Gasteiger partial charge in [0.25, 0.3) is 5.91 Å². The summed E-state index contributed by atoms with van der Waals surface area (Å²) in [6.07, 6.45) is 0. The standard InChI is InChI=1S/C24H20N4OS2/c1-12-13(2)19-20(25)21(31-23(19)26-14(12)3)22(29)28-24-27-18(11-30-24)17-9-8-15-6-4-5-7-16(15)10-17/h4-11H,25H2,1-3H3,(H,27,28,29). The maximum Gasteiger partial charge on any atom is 0.269 e. The molecule has 0 radical (unpaired) electrons. The second-order valence-electron chi connectivity index (χ2n) is 7.53. The van der Waals surface area contributed by atoms with Crippen LogP contribution in [0, 0.1) is 20.8 Å². The topological polar surface area (TPSA) is 80.9 Å². The highest BCUT2D eigenvalue weighted by Gasteiger charge is 2.21. The molecule has 31 heavy (non-hydrogen) atoms. The van der Waals surface area contributed by atoms with E-state index in [1.165, 1.54) is 28.1 Å². The van der Waals surface area contributed by atoms with Gasteiger partial charge in [0.1, 0.15) is 9.71 Å². The Labute approximate surface area is 187 Å². The number of pyridine rings is 1. The number of nitrogen functional groups attached to an aromatic ring is 1. The van der Waals surface area contributed by atoms with Crippen molar-refractivity contribution in [1.29, 1.82) is 0 Å². The van der Waals surface area contributed by atoms with Gasteiger partial charge in [-0.15, -0.1) is 22.7 Å². The second-order valence-corrected chi connectivity index (χ2v) is 9.38. The lowest BCUT2D eigenvalue weighted by Crippen LogP contribution is -2.11. The molecule has 0 saturated heterocycles. The van der Waals surface area contributed by atoms with Gasteiger partial charge in [0, 0.05) is 22.0 Å². The zero-order valence-corrected chi connectivity index (χ0v) is 18.9. The highest BCUT2D eigenvalue weighted by atomic mass is 32.1. The molecule has 0 aliphatic rings. The summed E-state index contributed by atoms with van der Waals surface area (Å²) in [5, 5.41) is 8.61. The van der Waals surface area contributed by atoms with Crippen LogP contribution in [0.1, 0.15) is 26.5 Å². The number of carbonyl (C=O) groups excluding carboxylic acids is 1. The fraction of sp³-hybridized carbons (Fsp3) is 0.125. The first-order chi connectivity index (χ1) is 14.9. The van der Waals surface area contributed by atoms with Crippen LogP contribution in [0.2, 0.25) is 0 Å². The molecule has 0 bridgehead atoms. The van der Waals surface area contributed by atoms with Crippen molar-refractivity contribution in [3.05, 3.63) is 69.5 Å². The molecule has 0 spiro atoms. The van der Waals surface area contributed by atoms with Crippen LogP contribution in [-0.2, 0) is 0 Å². The van der Waals surface area contributed by atoms with Crippen LogP contribution in [0.4, 0.5) is 10.8 Å². The number of thiophene rings is 1. The van der Waals surface area contributed by atoms with Gasteiger partial charge >= 0.3 is 0 Å². The lowest BCUT2D eigenvalue weighted by molar-refractivity contribution is 0.103. The lowest BCUT2D eigenvalue weighted by Gasteiger charge is -2.05. The maximum atomic E-state index is 13.0. The minimum Gasteiger partial charge on any atom is -0.397 e. The fourth-order valence-electron chi connectivity index (χ4n) is 3.70. The van der Waals surface area contributed by atoms with Gasteiger partial charge in [-0.1, -0.05) is 36.4 Å². The molecule has 7 heteroatoms. The van der Waals surface area contributed by atoms with Crippen molar-refractivity contribution < 1.29 is 4.79 Å². The number of hydrogen-bond donors (Lipinski definition) is 2. The van der Waals surface area contributed by atoms with E-state index >= 15 is 0 Å². The SMILES string of the molecule is Cc1nc2sc(C(=O)Nc3nc(-c4ccc5ccccc5c4)cs3)c(N)c2c(C)c1C. The molecule has 0 aliphatic carbocycles. The minimum atomic E-state index is -0.255. The van der Waals surface area contributed by atoms with Crippen LogP contribution in [0.25, 0.3) is 32.2 Å². The van der Waals surface area contributed by atoms with Crippen molar-refractivity contribution in [3.8, 4) is 11.3 Å². The van der Waals surface area contributed by atoms with Crippen molar-refractivity contribution in [2.75, 3.05) is 11.1 Å². The quantitative estimate of drug-likeness (QED) is 0.341. The van der Waals surface area contributed by atoms with Gasteiger partial charge in [-0.3, -0.25) is 10.1 Å². The Morgan fingerprint density at radius 1 is 1.00 bits per heavy atom. The van der Waals surface area contributed by atoms with Crippen LogP contribution in [0.15, 0.2) is 47.8 Å². The zero-order chi connectivity index (χ0) is 21.7. The van der Waals surface area contributed by atoms with E-state index in [9.17, 15) is 4.79 Å². The highest BCUT2D eigenvalue weighted by Crippen LogP contribution is 2.37. The van der Waals surface area contributed by atoms with Gasteiger partial charge in [-0.2, -0.15) is 0 Å². The zero-order valence-electron chi connectivity index (χ0n) is 17.3. The molecule has 5 aromatic rings. The molecular formula is C24H20N4OS2. The van der Waals surface area contributed by atoms with E-state index < -0.39 is 0 Å². The van der Waals surface area contributed by atoms with Crippen LogP contribution in [0.3, 0.4) is 0 Å². The third-order valence-corrected chi connectivity index (χ3v) is 7.51. The average Bonchev–Trinajstić information content (AvgIpc) is 3.36. The number of fused-ring (bicyclic) bond motifs is 2. The van der Waals surface area contributed by atoms with Gasteiger partial charge in [0.15, 0.2) is 5.13 Å². The summed E-state index contributed by atoms with van der Waals surface area (Å²) < 4.78 is 0. The number of nitrogens with zero attached hydrogens (tertiary/aromatic N) is 2. The predicted molar refractivity (Wildman–Crippen MR) is 131 cm³/mol. The molecular weight excluding hydrogens is 424 g/mol. The minimum absolute atomic E-state index is 0.255. The maximum absolute atomic E-state index is 13.0. The molecule has 3 aromatic heterocycles. The first-order valence-corrected chi connectivity index (χ1v) is 11.5. The van der Waals surface area contributed by atoms with Gasteiger partial charge in [-0.05, 0) is 48.7 Å². The molecule has 3 N–H and O–H groups in total. The Morgan fingerprint density at radius 3 is 2.58 bits per heavy atom. The Hall–Kier alpha value is -3.29. The number of anilines is 2. The van der Waals surface area contributed by atoms with E-state index in [-0.39, 0.29) is 5.91 Å². The summed E-state index contributed by atoms with van der Waals surface area (Å²) in [5.41, 5.74) is 11.8. The number of nitrogens with one attached hydrogen (secondary N) is 1. The fourth-order valence-corrected chi connectivity index (χ4v) is 5.51. The molecule has 1 amide bonds. The summed E-state index contributed by atoms with van der Waals surface area (Å²) in [6, 6.07) is 14.5.